The zero-order valence-corrected chi connectivity index (χ0v) is 8.95. The van der Waals surface area contributed by atoms with Crippen molar-refractivity contribution in [1.29, 1.82) is 0 Å². The van der Waals surface area contributed by atoms with Gasteiger partial charge in [-0.3, -0.25) is 0 Å². The molecule has 0 radical (unpaired) electrons. The summed E-state index contributed by atoms with van der Waals surface area (Å²) in [5.41, 5.74) is 2.68. The minimum atomic E-state index is 0.843. The summed E-state index contributed by atoms with van der Waals surface area (Å²) in [6, 6.07) is 1.95. The van der Waals surface area contributed by atoms with E-state index in [1.807, 2.05) is 6.07 Å². The monoisotopic (exact) mass is 203 g/mol. The van der Waals surface area contributed by atoms with E-state index in [4.69, 9.17) is 0 Å². The van der Waals surface area contributed by atoms with Crippen molar-refractivity contribution >= 4 is 0 Å². The number of nitrogens with one attached hydrogen (secondary N) is 1. The highest BCUT2D eigenvalue weighted by atomic mass is 14.9. The molecular weight excluding hydrogens is 186 g/mol. The zero-order chi connectivity index (χ0) is 10.3. The van der Waals surface area contributed by atoms with E-state index in [0.29, 0.717) is 0 Å². The van der Waals surface area contributed by atoms with E-state index in [1.165, 1.54) is 25.7 Å². The van der Waals surface area contributed by atoms with Crippen LogP contribution >= 0.6 is 0 Å². The molecule has 0 atom stereocenters. The van der Waals surface area contributed by atoms with E-state index in [2.05, 4.69) is 21.4 Å². The maximum atomic E-state index is 4.16. The molecule has 1 N–H and O–H groups in total. The van der Waals surface area contributed by atoms with E-state index in [1.54, 1.807) is 18.1 Å². The van der Waals surface area contributed by atoms with Crippen LogP contribution in [0.25, 0.3) is 0 Å². The van der Waals surface area contributed by atoms with Gasteiger partial charge in [-0.15, -0.1) is 0 Å². The molecule has 3 heteroatoms. The molecule has 1 aliphatic rings. The first-order chi connectivity index (χ1) is 7.45. The Morgan fingerprint density at radius 2 is 2.40 bits per heavy atom. The second-order valence-electron chi connectivity index (χ2n) is 3.88. The van der Waals surface area contributed by atoms with E-state index < -0.39 is 0 Å². The van der Waals surface area contributed by atoms with Gasteiger partial charge in [-0.25, -0.2) is 9.97 Å². The van der Waals surface area contributed by atoms with Gasteiger partial charge in [0, 0.05) is 12.7 Å². The standard InChI is InChI=1S/C12H17N3/c1-2-4-11(3-1)5-7-13-9-12-6-8-14-10-15-12/h3,6,8,10,13H,1-2,4-5,7,9H2. The Morgan fingerprint density at radius 1 is 1.40 bits per heavy atom. The molecule has 0 spiro atoms. The third-order valence-corrected chi connectivity index (χ3v) is 2.71. The van der Waals surface area contributed by atoms with Crippen molar-refractivity contribution in [2.45, 2.75) is 32.2 Å². The van der Waals surface area contributed by atoms with Crippen LogP contribution in [0.3, 0.4) is 0 Å². The summed E-state index contributed by atoms with van der Waals surface area (Å²) in [5, 5.41) is 3.40. The van der Waals surface area contributed by atoms with Gasteiger partial charge in [-0.1, -0.05) is 11.6 Å². The molecular formula is C12H17N3. The molecule has 0 aromatic carbocycles. The Kier molecular flexibility index (Phi) is 3.85. The molecule has 0 bridgehead atoms. The lowest BCUT2D eigenvalue weighted by atomic mass is 10.2. The largest absolute Gasteiger partial charge is 0.311 e. The zero-order valence-electron chi connectivity index (χ0n) is 8.95. The Bertz CT molecular complexity index is 319. The van der Waals surface area contributed by atoms with E-state index >= 15 is 0 Å². The van der Waals surface area contributed by atoms with E-state index in [-0.39, 0.29) is 0 Å². The molecule has 0 amide bonds. The predicted octanol–water partition coefficient (Wildman–Crippen LogP) is 2.07. The van der Waals surface area contributed by atoms with Gasteiger partial charge in [0.2, 0.25) is 0 Å². The van der Waals surface area contributed by atoms with Gasteiger partial charge in [0.1, 0.15) is 6.33 Å². The van der Waals surface area contributed by atoms with Crippen LogP contribution < -0.4 is 5.32 Å². The molecule has 0 saturated carbocycles. The summed E-state index contributed by atoms with van der Waals surface area (Å²) in [6.45, 7) is 1.89. The number of allylic oxidation sites excluding steroid dienone is 1. The van der Waals surface area contributed by atoms with Gasteiger partial charge in [-0.05, 0) is 38.3 Å². The van der Waals surface area contributed by atoms with Crippen molar-refractivity contribution in [3.05, 3.63) is 35.9 Å². The Hall–Kier alpha value is -1.22. The average Bonchev–Trinajstić information content (AvgIpc) is 2.79. The lowest BCUT2D eigenvalue weighted by molar-refractivity contribution is 0.663. The van der Waals surface area contributed by atoms with Gasteiger partial charge >= 0.3 is 0 Å². The molecule has 80 valence electrons. The van der Waals surface area contributed by atoms with Crippen molar-refractivity contribution in [1.82, 2.24) is 15.3 Å². The first-order valence-corrected chi connectivity index (χ1v) is 5.58. The summed E-state index contributed by atoms with van der Waals surface area (Å²) in [6.07, 6.45) is 10.9. The molecule has 3 nitrogen and oxygen atoms in total. The van der Waals surface area contributed by atoms with Crippen molar-refractivity contribution in [2.24, 2.45) is 0 Å². The van der Waals surface area contributed by atoms with Gasteiger partial charge in [0.15, 0.2) is 0 Å². The number of hydrogen-bond acceptors (Lipinski definition) is 3. The highest BCUT2D eigenvalue weighted by Gasteiger charge is 2.03. The fraction of sp³-hybridized carbons (Fsp3) is 0.500. The van der Waals surface area contributed by atoms with Crippen molar-refractivity contribution in [3.63, 3.8) is 0 Å². The number of aromatic nitrogens is 2. The minimum absolute atomic E-state index is 0.843. The van der Waals surface area contributed by atoms with Gasteiger partial charge in [-0.2, -0.15) is 0 Å². The highest BCUT2D eigenvalue weighted by Crippen LogP contribution is 2.19. The predicted molar refractivity (Wildman–Crippen MR) is 60.3 cm³/mol. The maximum absolute atomic E-state index is 4.16. The quantitative estimate of drug-likeness (QED) is 0.588. The molecule has 0 fully saturated rings. The molecule has 1 aromatic heterocycles. The van der Waals surface area contributed by atoms with Gasteiger partial charge < -0.3 is 5.32 Å². The third kappa shape index (κ3) is 3.44. The fourth-order valence-corrected chi connectivity index (χ4v) is 1.85. The fourth-order valence-electron chi connectivity index (χ4n) is 1.85. The molecule has 2 rings (SSSR count). The number of nitrogens with zero attached hydrogens (tertiary/aromatic N) is 2. The van der Waals surface area contributed by atoms with Crippen LogP contribution in [0.15, 0.2) is 30.2 Å². The van der Waals surface area contributed by atoms with E-state index in [0.717, 1.165) is 18.8 Å². The van der Waals surface area contributed by atoms with Gasteiger partial charge in [0.25, 0.3) is 0 Å². The minimum Gasteiger partial charge on any atom is -0.311 e. The molecule has 1 heterocycles. The second-order valence-corrected chi connectivity index (χ2v) is 3.88. The van der Waals surface area contributed by atoms with Crippen molar-refractivity contribution in [3.8, 4) is 0 Å². The second kappa shape index (κ2) is 5.61. The van der Waals surface area contributed by atoms with Crippen LogP contribution in [0.1, 0.15) is 31.4 Å². The smallest absolute Gasteiger partial charge is 0.115 e. The van der Waals surface area contributed by atoms with Crippen LogP contribution in [0.2, 0.25) is 0 Å². The Morgan fingerprint density at radius 3 is 3.13 bits per heavy atom. The van der Waals surface area contributed by atoms with Crippen LogP contribution in [0.5, 0.6) is 0 Å². The normalized spacial score (nSPS) is 15.3. The summed E-state index contributed by atoms with van der Waals surface area (Å²) >= 11 is 0. The molecule has 1 aromatic rings. The first kappa shape index (κ1) is 10.3. The van der Waals surface area contributed by atoms with Crippen LogP contribution in [-0.2, 0) is 6.54 Å². The Labute approximate surface area is 90.6 Å². The topological polar surface area (TPSA) is 37.8 Å². The van der Waals surface area contributed by atoms with Gasteiger partial charge in [0.05, 0.1) is 5.69 Å². The lowest BCUT2D eigenvalue weighted by Crippen LogP contribution is -2.15. The van der Waals surface area contributed by atoms with Crippen LogP contribution in [0, 0.1) is 0 Å². The van der Waals surface area contributed by atoms with Crippen LogP contribution in [0.4, 0.5) is 0 Å². The lowest BCUT2D eigenvalue weighted by Gasteiger charge is -2.04. The molecule has 0 unspecified atom stereocenters. The molecule has 0 saturated heterocycles. The van der Waals surface area contributed by atoms with Crippen molar-refractivity contribution < 1.29 is 0 Å². The van der Waals surface area contributed by atoms with Crippen LogP contribution in [-0.4, -0.2) is 16.5 Å². The SMILES string of the molecule is C1=C(CCNCc2ccncn2)CCC1. The summed E-state index contributed by atoms with van der Waals surface area (Å²) in [4.78, 5) is 8.05. The van der Waals surface area contributed by atoms with Crippen molar-refractivity contribution in [2.75, 3.05) is 6.54 Å². The highest BCUT2D eigenvalue weighted by molar-refractivity contribution is 5.07. The maximum Gasteiger partial charge on any atom is 0.115 e. The molecule has 15 heavy (non-hydrogen) atoms. The third-order valence-electron chi connectivity index (χ3n) is 2.71. The number of rotatable bonds is 5. The Balaban J connectivity index is 1.63. The summed E-state index contributed by atoms with van der Waals surface area (Å²) in [5.74, 6) is 0. The summed E-state index contributed by atoms with van der Waals surface area (Å²) < 4.78 is 0. The first-order valence-electron chi connectivity index (χ1n) is 5.58. The summed E-state index contributed by atoms with van der Waals surface area (Å²) in [7, 11) is 0. The average molecular weight is 203 g/mol. The number of hydrogen-bond donors (Lipinski definition) is 1. The molecule has 0 aliphatic heterocycles. The van der Waals surface area contributed by atoms with E-state index in [9.17, 15) is 0 Å². The molecule has 1 aliphatic carbocycles.